The van der Waals surface area contributed by atoms with Gasteiger partial charge in [-0.2, -0.15) is 0 Å². The molecule has 8 heteroatoms. The first-order chi connectivity index (χ1) is 10.9. The number of urea groups is 1. The Balaban J connectivity index is 2.45. The third kappa shape index (κ3) is 7.45. The van der Waals surface area contributed by atoms with E-state index in [1.54, 1.807) is 31.2 Å². The monoisotopic (exact) mass is 343 g/mol. The summed E-state index contributed by atoms with van der Waals surface area (Å²) in [6.07, 6.45) is 0.787. The second-order valence-corrected chi connectivity index (χ2v) is 7.13. The Morgan fingerprint density at radius 1 is 1.22 bits per heavy atom. The Kier molecular flexibility index (Phi) is 8.01. The average Bonchev–Trinajstić information content (AvgIpc) is 2.53. The molecule has 0 radical (unpaired) electrons. The van der Waals surface area contributed by atoms with Crippen LogP contribution in [0.5, 0.6) is 0 Å². The van der Waals surface area contributed by atoms with Gasteiger partial charge in [-0.3, -0.25) is 0 Å². The molecule has 0 aliphatic rings. The van der Waals surface area contributed by atoms with Crippen LogP contribution in [0, 0.1) is 0 Å². The lowest BCUT2D eigenvalue weighted by Gasteiger charge is -2.17. The minimum absolute atomic E-state index is 0.0572. The molecule has 0 bridgehead atoms. The van der Waals surface area contributed by atoms with Crippen molar-refractivity contribution in [1.82, 2.24) is 14.9 Å². The molecule has 0 heterocycles. The average molecular weight is 343 g/mol. The van der Waals surface area contributed by atoms with Crippen LogP contribution in [0.2, 0.25) is 0 Å². The first-order valence-electron chi connectivity index (χ1n) is 7.35. The van der Waals surface area contributed by atoms with Gasteiger partial charge in [0.15, 0.2) is 0 Å². The molecule has 0 spiro atoms. The number of carbonyl (C=O) groups is 1. The van der Waals surface area contributed by atoms with Crippen LogP contribution in [0.1, 0.15) is 17.5 Å². The molecule has 0 fully saturated rings. The van der Waals surface area contributed by atoms with E-state index >= 15 is 0 Å². The van der Waals surface area contributed by atoms with Crippen LogP contribution >= 0.6 is 0 Å². The van der Waals surface area contributed by atoms with Gasteiger partial charge in [0.05, 0.1) is 5.75 Å². The van der Waals surface area contributed by atoms with Gasteiger partial charge >= 0.3 is 6.03 Å². The fourth-order valence-corrected chi connectivity index (χ4v) is 2.68. The van der Waals surface area contributed by atoms with Crippen LogP contribution in [-0.2, 0) is 27.1 Å². The van der Waals surface area contributed by atoms with Gasteiger partial charge in [-0.1, -0.05) is 24.3 Å². The maximum absolute atomic E-state index is 11.9. The van der Waals surface area contributed by atoms with E-state index in [4.69, 9.17) is 4.74 Å². The number of nitrogens with zero attached hydrogens (tertiary/aromatic N) is 1. The van der Waals surface area contributed by atoms with E-state index in [1.165, 1.54) is 7.05 Å². The zero-order valence-electron chi connectivity index (χ0n) is 13.8. The minimum Gasteiger partial charge on any atom is -0.385 e. The number of methoxy groups -OCH3 is 1. The molecule has 0 aliphatic carbocycles. The number of carbonyl (C=O) groups excluding carboxylic acids is 1. The summed E-state index contributed by atoms with van der Waals surface area (Å²) in [6.45, 7) is 1.64. The third-order valence-corrected chi connectivity index (χ3v) is 4.66. The molecule has 0 saturated heterocycles. The van der Waals surface area contributed by atoms with Crippen molar-refractivity contribution < 1.29 is 17.9 Å². The maximum Gasteiger partial charge on any atom is 0.317 e. The third-order valence-electron chi connectivity index (χ3n) is 3.32. The van der Waals surface area contributed by atoms with Crippen LogP contribution in [0.25, 0.3) is 0 Å². The summed E-state index contributed by atoms with van der Waals surface area (Å²) in [4.78, 5) is 13.5. The molecular weight excluding hydrogens is 318 g/mol. The number of amides is 2. The quantitative estimate of drug-likeness (QED) is 0.653. The topological polar surface area (TPSA) is 87.7 Å². The zero-order valence-corrected chi connectivity index (χ0v) is 14.6. The molecule has 0 aromatic heterocycles. The van der Waals surface area contributed by atoms with Gasteiger partial charge in [0.2, 0.25) is 10.0 Å². The van der Waals surface area contributed by atoms with E-state index in [0.717, 1.165) is 12.0 Å². The van der Waals surface area contributed by atoms with E-state index in [0.29, 0.717) is 25.3 Å². The number of rotatable bonds is 9. The van der Waals surface area contributed by atoms with Gasteiger partial charge in [-0.25, -0.2) is 17.9 Å². The van der Waals surface area contributed by atoms with E-state index in [1.807, 2.05) is 12.1 Å². The fraction of sp³-hybridized carbons (Fsp3) is 0.533. The highest BCUT2D eigenvalue weighted by Gasteiger charge is 2.09. The summed E-state index contributed by atoms with van der Waals surface area (Å²) in [5, 5.41) is 2.82. The number of sulfonamides is 1. The summed E-state index contributed by atoms with van der Waals surface area (Å²) in [6, 6.07) is 6.97. The zero-order chi connectivity index (χ0) is 17.3. The van der Waals surface area contributed by atoms with Gasteiger partial charge in [-0.05, 0) is 24.6 Å². The Labute approximate surface area is 138 Å². The minimum atomic E-state index is -3.27. The lowest BCUT2D eigenvalue weighted by molar-refractivity contribution is 0.175. The van der Waals surface area contributed by atoms with Crippen molar-refractivity contribution in [2.24, 2.45) is 0 Å². The van der Waals surface area contributed by atoms with Crippen molar-refractivity contribution in [2.75, 3.05) is 34.4 Å². The highest BCUT2D eigenvalue weighted by Crippen LogP contribution is 2.07. The molecule has 1 rings (SSSR count). The van der Waals surface area contributed by atoms with Crippen molar-refractivity contribution in [2.45, 2.75) is 18.7 Å². The Morgan fingerprint density at radius 3 is 2.39 bits per heavy atom. The Morgan fingerprint density at radius 2 is 1.83 bits per heavy atom. The molecule has 2 amide bonds. The van der Waals surface area contributed by atoms with Crippen molar-refractivity contribution >= 4 is 16.1 Å². The van der Waals surface area contributed by atoms with E-state index in [9.17, 15) is 13.2 Å². The first kappa shape index (κ1) is 19.4. The molecule has 0 aliphatic heterocycles. The predicted octanol–water partition coefficient (Wildman–Crippen LogP) is 0.914. The Hall–Kier alpha value is -1.64. The molecule has 1 aromatic rings. The van der Waals surface area contributed by atoms with E-state index in [2.05, 4.69) is 10.0 Å². The van der Waals surface area contributed by atoms with Crippen LogP contribution in [0.3, 0.4) is 0 Å². The van der Waals surface area contributed by atoms with Crippen molar-refractivity contribution in [1.29, 1.82) is 0 Å². The summed E-state index contributed by atoms with van der Waals surface area (Å²) in [5.74, 6) is -0.0572. The number of hydrogen-bond acceptors (Lipinski definition) is 4. The smallest absolute Gasteiger partial charge is 0.317 e. The summed E-state index contributed by atoms with van der Waals surface area (Å²) in [5.41, 5.74) is 1.61. The number of nitrogens with one attached hydrogen (secondary N) is 2. The van der Waals surface area contributed by atoms with Crippen LogP contribution in [0.4, 0.5) is 4.79 Å². The highest BCUT2D eigenvalue weighted by molar-refractivity contribution is 7.88. The molecule has 2 N–H and O–H groups in total. The summed E-state index contributed by atoms with van der Waals surface area (Å²) >= 11 is 0. The molecule has 130 valence electrons. The van der Waals surface area contributed by atoms with Crippen LogP contribution < -0.4 is 10.0 Å². The lowest BCUT2D eigenvalue weighted by atomic mass is 10.1. The summed E-state index contributed by atoms with van der Waals surface area (Å²) < 4.78 is 30.2. The largest absolute Gasteiger partial charge is 0.385 e. The van der Waals surface area contributed by atoms with E-state index < -0.39 is 10.0 Å². The predicted molar refractivity (Wildman–Crippen MR) is 89.5 cm³/mol. The van der Waals surface area contributed by atoms with Crippen LogP contribution in [-0.4, -0.2) is 53.7 Å². The number of hydrogen-bond donors (Lipinski definition) is 2. The standard InChI is InChI=1S/C15H25N3O4S/c1-16-23(20,21)12-14-7-5-13(6-8-14)11-17-15(19)18(2)9-4-10-22-3/h5-8,16H,4,9-12H2,1-3H3,(H,17,19). The second kappa shape index (κ2) is 9.49. The molecule has 23 heavy (non-hydrogen) atoms. The van der Waals surface area contributed by atoms with Gasteiger partial charge in [0.25, 0.3) is 0 Å². The second-order valence-electron chi connectivity index (χ2n) is 5.21. The molecule has 0 atom stereocenters. The van der Waals surface area contributed by atoms with Crippen molar-refractivity contribution in [3.63, 3.8) is 0 Å². The molecule has 1 aromatic carbocycles. The molecule has 0 saturated carbocycles. The molecular formula is C15H25N3O4S. The van der Waals surface area contributed by atoms with Gasteiger partial charge < -0.3 is 15.0 Å². The SMILES string of the molecule is CNS(=O)(=O)Cc1ccc(CNC(=O)N(C)CCCOC)cc1. The normalized spacial score (nSPS) is 11.3. The first-order valence-corrected chi connectivity index (χ1v) is 9.00. The van der Waals surface area contributed by atoms with Gasteiger partial charge in [0, 0.05) is 33.9 Å². The van der Waals surface area contributed by atoms with Crippen molar-refractivity contribution in [3.8, 4) is 0 Å². The number of ether oxygens (including phenoxy) is 1. The number of benzene rings is 1. The maximum atomic E-state index is 11.9. The fourth-order valence-electron chi connectivity index (χ4n) is 1.91. The summed E-state index contributed by atoms with van der Waals surface area (Å²) in [7, 11) is 1.48. The van der Waals surface area contributed by atoms with Gasteiger partial charge in [0.1, 0.15) is 0 Å². The molecule has 0 unspecified atom stereocenters. The highest BCUT2D eigenvalue weighted by atomic mass is 32.2. The lowest BCUT2D eigenvalue weighted by Crippen LogP contribution is -2.37. The van der Waals surface area contributed by atoms with Crippen molar-refractivity contribution in [3.05, 3.63) is 35.4 Å². The van der Waals surface area contributed by atoms with Crippen LogP contribution in [0.15, 0.2) is 24.3 Å². The van der Waals surface area contributed by atoms with Gasteiger partial charge in [-0.15, -0.1) is 0 Å². The van der Waals surface area contributed by atoms with E-state index in [-0.39, 0.29) is 11.8 Å². The molecule has 7 nitrogen and oxygen atoms in total. The Bertz CT molecular complexity index is 587.